The van der Waals surface area contributed by atoms with Crippen molar-refractivity contribution < 1.29 is 10.2 Å². The van der Waals surface area contributed by atoms with Gasteiger partial charge in [0.15, 0.2) is 7.85 Å². The Kier molecular flexibility index (Phi) is 7.09. The summed E-state index contributed by atoms with van der Waals surface area (Å²) >= 11 is 0. The van der Waals surface area contributed by atoms with Crippen molar-refractivity contribution >= 4 is 56.1 Å². The van der Waals surface area contributed by atoms with E-state index in [4.69, 9.17) is 4.98 Å². The minimum absolute atomic E-state index is 0.386. The predicted octanol–water partition coefficient (Wildman–Crippen LogP) is 5.42. The molecule has 2 heterocycles. The number of para-hydroxylation sites is 2. The number of fused-ring (bicyclic) bond motifs is 3. The van der Waals surface area contributed by atoms with Crippen molar-refractivity contribution in [1.82, 2.24) is 14.5 Å². The molecule has 1 atom stereocenters. The number of aliphatic hydroxyl groups is 2. The molecule has 6 aromatic carbocycles. The highest BCUT2D eigenvalue weighted by Crippen LogP contribution is 2.44. The van der Waals surface area contributed by atoms with Crippen LogP contribution >= 0.6 is 0 Å². The molecule has 2 aromatic heterocycles. The third-order valence-electron chi connectivity index (χ3n) is 9.65. The monoisotopic (exact) mass is 619 g/mol. The fourth-order valence-electron chi connectivity index (χ4n) is 6.78. The first-order chi connectivity index (χ1) is 23.2. The maximum absolute atomic E-state index is 11.6. The van der Waals surface area contributed by atoms with Crippen molar-refractivity contribution in [3.8, 4) is 39.2 Å². The van der Waals surface area contributed by atoms with Crippen LogP contribution in [0.1, 0.15) is 5.82 Å². The van der Waals surface area contributed by atoms with Crippen molar-refractivity contribution in [2.45, 2.75) is 10.9 Å². The molecule has 0 fully saturated rings. The average Bonchev–Trinajstić information content (AvgIpc) is 3.51. The molecule has 0 radical (unpaired) electrons. The van der Waals surface area contributed by atoms with Gasteiger partial charge in [0.05, 0.1) is 16.7 Å². The fraction of sp³-hybridized carbons (Fsp3) is 0.0500. The zero-order chi connectivity index (χ0) is 33.0. The van der Waals surface area contributed by atoms with Gasteiger partial charge in [-0.05, 0) is 86.3 Å². The van der Waals surface area contributed by atoms with E-state index in [1.807, 2.05) is 53.2 Å². The van der Waals surface area contributed by atoms with Crippen molar-refractivity contribution in [3.63, 3.8) is 0 Å². The Bertz CT molecular complexity index is 2410. The Morgan fingerprint density at radius 2 is 1.10 bits per heavy atom. The molecule has 48 heavy (non-hydrogen) atoms. The zero-order valence-electron chi connectivity index (χ0n) is 27.1. The second kappa shape index (κ2) is 11.4. The van der Waals surface area contributed by atoms with E-state index in [1.165, 1.54) is 27.1 Å². The van der Waals surface area contributed by atoms with Crippen molar-refractivity contribution in [2.24, 2.45) is 0 Å². The molecule has 0 saturated heterocycles. The number of aromatic nitrogens is 3. The number of hydrogen-bond acceptors (Lipinski definition) is 4. The summed E-state index contributed by atoms with van der Waals surface area (Å²) in [6.45, 7) is 0. The minimum atomic E-state index is -1.61. The summed E-state index contributed by atoms with van der Waals surface area (Å²) in [7, 11) is 4.83. The van der Waals surface area contributed by atoms with Gasteiger partial charge in [-0.3, -0.25) is 9.55 Å². The molecule has 0 saturated carbocycles. The van der Waals surface area contributed by atoms with Crippen LogP contribution in [0.4, 0.5) is 0 Å². The van der Waals surface area contributed by atoms with E-state index in [1.54, 1.807) is 23.5 Å². The molecule has 5 nitrogen and oxygen atoms in total. The molecule has 8 aromatic rings. The molecule has 2 N–H and O–H groups in total. The van der Waals surface area contributed by atoms with Gasteiger partial charge in [0.1, 0.15) is 27.0 Å². The van der Waals surface area contributed by atoms with Crippen LogP contribution in [0.2, 0.25) is 0 Å². The summed E-state index contributed by atoms with van der Waals surface area (Å²) in [5.74, 6) is 0.386. The predicted molar refractivity (Wildman–Crippen MR) is 205 cm³/mol. The highest BCUT2D eigenvalue weighted by Gasteiger charge is 2.42. The Hall–Kier alpha value is -5.43. The van der Waals surface area contributed by atoms with Crippen LogP contribution in [-0.4, -0.2) is 53.7 Å². The van der Waals surface area contributed by atoms with E-state index in [0.717, 1.165) is 44.7 Å². The SMILES string of the molecule is BC(B)(O)C(B)(O)c1nc2ccccc2n1-c1ccc(-c2c3ccccc3c(-c3cccc(-c4ccccn4)c3)c3ccccc23)cc1. The smallest absolute Gasteiger partial charge is 0.154 e. The van der Waals surface area contributed by atoms with Crippen LogP contribution in [0.25, 0.3) is 71.8 Å². The first kappa shape index (κ1) is 29.9. The number of imidazole rings is 1. The molecule has 0 aliphatic rings. The third kappa shape index (κ3) is 4.84. The number of nitrogens with zero attached hydrogens (tertiary/aromatic N) is 3. The third-order valence-corrected chi connectivity index (χ3v) is 9.65. The highest BCUT2D eigenvalue weighted by molar-refractivity contribution is 6.43. The van der Waals surface area contributed by atoms with Crippen LogP contribution < -0.4 is 0 Å². The van der Waals surface area contributed by atoms with Gasteiger partial charge in [-0.2, -0.15) is 0 Å². The topological polar surface area (TPSA) is 71.2 Å². The van der Waals surface area contributed by atoms with Crippen molar-refractivity contribution in [1.29, 1.82) is 0 Å². The lowest BCUT2D eigenvalue weighted by molar-refractivity contribution is -0.00426. The van der Waals surface area contributed by atoms with Gasteiger partial charge < -0.3 is 10.2 Å². The van der Waals surface area contributed by atoms with Crippen LogP contribution in [0.5, 0.6) is 0 Å². The van der Waals surface area contributed by atoms with E-state index >= 15 is 0 Å². The van der Waals surface area contributed by atoms with Crippen LogP contribution in [0.15, 0.2) is 146 Å². The van der Waals surface area contributed by atoms with E-state index in [2.05, 4.69) is 102 Å². The first-order valence-corrected chi connectivity index (χ1v) is 16.2. The molecule has 0 aliphatic carbocycles. The van der Waals surface area contributed by atoms with Crippen LogP contribution in [-0.2, 0) is 5.50 Å². The van der Waals surface area contributed by atoms with Gasteiger partial charge in [0.25, 0.3) is 0 Å². The summed E-state index contributed by atoms with van der Waals surface area (Å²) < 4.78 is 1.95. The number of benzene rings is 6. The van der Waals surface area contributed by atoms with E-state index in [0.29, 0.717) is 5.82 Å². The summed E-state index contributed by atoms with van der Waals surface area (Å²) in [5.41, 5.74) is 7.46. The molecule has 0 aliphatic heterocycles. The normalized spacial score (nSPS) is 13.2. The van der Waals surface area contributed by atoms with E-state index < -0.39 is 10.9 Å². The molecule has 0 spiro atoms. The Morgan fingerprint density at radius 1 is 0.542 bits per heavy atom. The van der Waals surface area contributed by atoms with Gasteiger partial charge in [0, 0.05) is 22.8 Å². The molecule has 228 valence electrons. The summed E-state index contributed by atoms with van der Waals surface area (Å²) in [5, 5.41) is 25.8. The summed E-state index contributed by atoms with van der Waals surface area (Å²) in [4.78, 5) is 9.41. The van der Waals surface area contributed by atoms with Gasteiger partial charge in [0.2, 0.25) is 0 Å². The van der Waals surface area contributed by atoms with Gasteiger partial charge in [-0.15, -0.1) is 0 Å². The maximum atomic E-state index is 11.6. The average molecular weight is 619 g/mol. The van der Waals surface area contributed by atoms with Gasteiger partial charge >= 0.3 is 0 Å². The van der Waals surface area contributed by atoms with E-state index in [9.17, 15) is 10.2 Å². The lowest BCUT2D eigenvalue weighted by atomic mass is 9.49. The maximum Gasteiger partial charge on any atom is 0.154 e. The quantitative estimate of drug-likeness (QED) is 0.193. The lowest BCUT2D eigenvalue weighted by Gasteiger charge is -2.36. The second-order valence-electron chi connectivity index (χ2n) is 13.1. The number of hydrogen-bond donors (Lipinski definition) is 2. The highest BCUT2D eigenvalue weighted by atomic mass is 16.3. The molecular formula is C40H32B3N3O2. The largest absolute Gasteiger partial charge is 0.405 e. The summed E-state index contributed by atoms with van der Waals surface area (Å²) in [6, 6.07) is 48.1. The first-order valence-electron chi connectivity index (χ1n) is 16.2. The molecular weight excluding hydrogens is 587 g/mol. The van der Waals surface area contributed by atoms with Crippen molar-refractivity contribution in [2.75, 3.05) is 0 Å². The minimum Gasteiger partial charge on any atom is -0.405 e. The molecule has 8 heteroatoms. The van der Waals surface area contributed by atoms with Gasteiger partial charge in [-0.25, -0.2) is 4.98 Å². The second-order valence-corrected chi connectivity index (χ2v) is 13.1. The molecule has 0 bridgehead atoms. The Morgan fingerprint density at radius 3 is 1.71 bits per heavy atom. The fourth-order valence-corrected chi connectivity index (χ4v) is 6.78. The van der Waals surface area contributed by atoms with E-state index in [-0.39, 0.29) is 0 Å². The lowest BCUT2D eigenvalue weighted by Crippen LogP contribution is -2.54. The zero-order valence-corrected chi connectivity index (χ0v) is 27.1. The van der Waals surface area contributed by atoms with Crippen LogP contribution in [0, 0.1) is 0 Å². The van der Waals surface area contributed by atoms with Crippen LogP contribution in [0.3, 0.4) is 0 Å². The number of pyridine rings is 1. The standard InChI is InChI=1S/C40H32B3N3O2/c41-39(47,40(42,43)48)38-45-34-17-5-6-18-35(34)46(38)28-21-19-25(20-22-28)36-29-12-1-3-14-31(29)37(32-15-4-2-13-30(32)36)27-11-9-10-26(24-27)33-16-7-8-23-44-33/h1-24,47-48H,41-43H2. The molecule has 1 unspecified atom stereocenters. The summed E-state index contributed by atoms with van der Waals surface area (Å²) in [6.07, 6.45) is 1.83. The Labute approximate surface area is 281 Å². The Balaban J connectivity index is 1.32. The molecule has 8 rings (SSSR count). The van der Waals surface area contributed by atoms with Crippen molar-refractivity contribution in [3.05, 3.63) is 152 Å². The number of rotatable bonds is 6. The molecule has 0 amide bonds. The van der Waals surface area contributed by atoms with Gasteiger partial charge in [-0.1, -0.05) is 97.1 Å².